The van der Waals surface area contributed by atoms with E-state index in [4.69, 9.17) is 4.74 Å². The number of benzene rings is 4. The minimum atomic E-state index is -1.23. The largest absolute Gasteiger partial charge is 0.478 e. The minimum Gasteiger partial charge on any atom is -0.478 e. The van der Waals surface area contributed by atoms with Gasteiger partial charge in [0.15, 0.2) is 0 Å². The Kier molecular flexibility index (Phi) is 8.39. The highest BCUT2D eigenvalue weighted by molar-refractivity contribution is 6.12. The molecule has 4 aromatic carbocycles. The van der Waals surface area contributed by atoms with E-state index in [2.05, 4.69) is 23.8 Å². The zero-order valence-corrected chi connectivity index (χ0v) is 21.6. The van der Waals surface area contributed by atoms with Crippen LogP contribution in [-0.2, 0) is 0 Å². The first kappa shape index (κ1) is 28.1. The van der Waals surface area contributed by atoms with E-state index in [1.807, 2.05) is 0 Å². The second-order valence-electron chi connectivity index (χ2n) is 8.69. The van der Waals surface area contributed by atoms with Crippen LogP contribution in [0.25, 0.3) is 12.2 Å². The lowest BCUT2D eigenvalue weighted by Gasteiger charge is -2.12. The van der Waals surface area contributed by atoms with Crippen LogP contribution in [0.1, 0.15) is 52.6 Å². The van der Waals surface area contributed by atoms with Crippen molar-refractivity contribution in [1.29, 1.82) is 0 Å². The Morgan fingerprint density at radius 3 is 1.76 bits per heavy atom. The van der Waals surface area contributed by atoms with E-state index in [9.17, 15) is 29.4 Å². The lowest BCUT2D eigenvalue weighted by Crippen LogP contribution is -2.16. The van der Waals surface area contributed by atoms with E-state index in [1.54, 1.807) is 60.7 Å². The van der Waals surface area contributed by atoms with Gasteiger partial charge in [-0.3, -0.25) is 9.59 Å². The molecule has 4 N–H and O–H groups in total. The first-order chi connectivity index (χ1) is 19.7. The molecule has 9 nitrogen and oxygen atoms in total. The number of anilines is 2. The highest BCUT2D eigenvalue weighted by Crippen LogP contribution is 2.26. The van der Waals surface area contributed by atoms with Crippen LogP contribution in [0.2, 0.25) is 0 Å². The van der Waals surface area contributed by atoms with Crippen molar-refractivity contribution < 1.29 is 34.1 Å². The van der Waals surface area contributed by atoms with E-state index < -0.39 is 23.8 Å². The molecule has 0 fully saturated rings. The number of carbonyl (C=O) groups excluding carboxylic acids is 2. The van der Waals surface area contributed by atoms with Crippen LogP contribution < -0.4 is 15.4 Å². The molecule has 204 valence electrons. The van der Waals surface area contributed by atoms with Crippen LogP contribution in [0.3, 0.4) is 0 Å². The summed E-state index contributed by atoms with van der Waals surface area (Å²) in [5.74, 6) is -2.82. The average molecular weight is 549 g/mol. The fourth-order valence-electron chi connectivity index (χ4n) is 3.90. The smallest absolute Gasteiger partial charge is 0.336 e. The molecule has 0 saturated carbocycles. The third-order valence-electron chi connectivity index (χ3n) is 5.95. The molecule has 41 heavy (non-hydrogen) atoms. The topological polar surface area (TPSA) is 142 Å². The molecule has 4 aromatic rings. The van der Waals surface area contributed by atoms with Gasteiger partial charge in [-0.2, -0.15) is 0 Å². The van der Waals surface area contributed by atoms with Crippen molar-refractivity contribution in [2.45, 2.75) is 0 Å². The Labute approximate surface area is 235 Å². The Balaban J connectivity index is 1.45. The third kappa shape index (κ3) is 6.73. The van der Waals surface area contributed by atoms with Crippen molar-refractivity contribution in [2.75, 3.05) is 10.6 Å². The van der Waals surface area contributed by atoms with Crippen LogP contribution in [0, 0.1) is 0 Å². The predicted molar refractivity (Wildman–Crippen MR) is 156 cm³/mol. The molecule has 0 unspecified atom stereocenters. The molecular formula is C32H24N2O7. The van der Waals surface area contributed by atoms with Gasteiger partial charge in [-0.1, -0.05) is 43.5 Å². The van der Waals surface area contributed by atoms with Gasteiger partial charge >= 0.3 is 11.9 Å². The number of rotatable bonds is 10. The maximum Gasteiger partial charge on any atom is 0.336 e. The number of carbonyl (C=O) groups is 4. The first-order valence-corrected chi connectivity index (χ1v) is 12.2. The van der Waals surface area contributed by atoms with Crippen molar-refractivity contribution in [3.8, 4) is 11.5 Å². The average Bonchev–Trinajstić information content (AvgIpc) is 2.97. The maximum atomic E-state index is 12.9. The molecule has 2 amide bonds. The van der Waals surface area contributed by atoms with Gasteiger partial charge in [0.2, 0.25) is 0 Å². The highest BCUT2D eigenvalue weighted by Gasteiger charge is 2.18. The lowest BCUT2D eigenvalue weighted by atomic mass is 10.0. The standard InChI is InChI=1S/C32H24N2O7/c1-3-19-9-15-26(31(37)38)27(16-19)30(36)34-22-6-5-7-24(18-22)41-23-12-10-21(11-13-23)33-29(35)25-14-8-20(4-2)17-28(25)32(39)40/h3-18H,1-2H2,(H,33,35)(H,34,36)(H,37,38)(H,39,40). The molecular weight excluding hydrogens is 524 g/mol. The number of ether oxygens (including phenoxy) is 1. The fourth-order valence-corrected chi connectivity index (χ4v) is 3.90. The second kappa shape index (κ2) is 12.3. The molecule has 0 aliphatic rings. The molecule has 0 spiro atoms. The van der Waals surface area contributed by atoms with Crippen LogP contribution in [0.4, 0.5) is 11.4 Å². The normalized spacial score (nSPS) is 10.2. The van der Waals surface area contributed by atoms with Crippen LogP contribution in [-0.4, -0.2) is 34.0 Å². The Bertz CT molecular complexity index is 1690. The minimum absolute atomic E-state index is 0.00832. The van der Waals surface area contributed by atoms with E-state index in [-0.39, 0.29) is 22.3 Å². The van der Waals surface area contributed by atoms with Gasteiger partial charge in [-0.05, 0) is 71.8 Å². The Hall–Kier alpha value is -5.96. The first-order valence-electron chi connectivity index (χ1n) is 12.2. The van der Waals surface area contributed by atoms with Crippen LogP contribution in [0.15, 0.2) is 98.1 Å². The summed E-state index contributed by atoms with van der Waals surface area (Å²) in [5.41, 5.74) is 1.71. The summed E-state index contributed by atoms with van der Waals surface area (Å²) in [7, 11) is 0. The highest BCUT2D eigenvalue weighted by atomic mass is 16.5. The molecule has 0 atom stereocenters. The van der Waals surface area contributed by atoms with E-state index >= 15 is 0 Å². The zero-order valence-electron chi connectivity index (χ0n) is 21.6. The zero-order chi connectivity index (χ0) is 29.5. The Morgan fingerprint density at radius 2 is 1.15 bits per heavy atom. The summed E-state index contributed by atoms with van der Waals surface area (Å²) in [4.78, 5) is 48.8. The molecule has 0 aromatic heterocycles. The van der Waals surface area contributed by atoms with E-state index in [1.165, 1.54) is 36.4 Å². The molecule has 0 aliphatic carbocycles. The van der Waals surface area contributed by atoms with Crippen LogP contribution >= 0.6 is 0 Å². The maximum absolute atomic E-state index is 12.9. The fraction of sp³-hybridized carbons (Fsp3) is 0. The number of nitrogens with one attached hydrogen (secondary N) is 2. The third-order valence-corrected chi connectivity index (χ3v) is 5.95. The monoisotopic (exact) mass is 548 g/mol. The molecule has 9 heteroatoms. The van der Waals surface area contributed by atoms with Crippen molar-refractivity contribution >= 4 is 47.3 Å². The molecule has 0 radical (unpaired) electrons. The van der Waals surface area contributed by atoms with Gasteiger partial charge in [-0.15, -0.1) is 0 Å². The van der Waals surface area contributed by atoms with Gasteiger partial charge < -0.3 is 25.6 Å². The SMILES string of the molecule is C=Cc1ccc(C(=O)Nc2ccc(Oc3cccc(NC(=O)c4cc(C=C)ccc4C(=O)O)c3)cc2)c(C(=O)O)c1. The number of amides is 2. The number of hydrogen-bond donors (Lipinski definition) is 4. The quantitative estimate of drug-likeness (QED) is 0.173. The summed E-state index contributed by atoms with van der Waals surface area (Å²) >= 11 is 0. The van der Waals surface area contributed by atoms with Crippen molar-refractivity contribution in [1.82, 2.24) is 0 Å². The van der Waals surface area contributed by atoms with Crippen molar-refractivity contribution in [3.05, 3.63) is 131 Å². The van der Waals surface area contributed by atoms with E-state index in [0.717, 1.165) is 0 Å². The number of aromatic carboxylic acids is 2. The predicted octanol–water partition coefficient (Wildman–Crippen LogP) is 6.67. The van der Waals surface area contributed by atoms with Crippen LogP contribution in [0.5, 0.6) is 11.5 Å². The molecule has 0 heterocycles. The number of carboxylic acids is 2. The van der Waals surface area contributed by atoms with Crippen molar-refractivity contribution in [2.24, 2.45) is 0 Å². The summed E-state index contributed by atoms with van der Waals surface area (Å²) in [6.07, 6.45) is 3.01. The summed E-state index contributed by atoms with van der Waals surface area (Å²) in [6, 6.07) is 21.7. The number of hydrogen-bond acceptors (Lipinski definition) is 5. The van der Waals surface area contributed by atoms with Gasteiger partial charge in [0.1, 0.15) is 11.5 Å². The molecule has 0 bridgehead atoms. The van der Waals surface area contributed by atoms with Gasteiger partial charge in [0, 0.05) is 17.4 Å². The van der Waals surface area contributed by atoms with Gasteiger partial charge in [-0.25, -0.2) is 9.59 Å². The molecule has 0 aliphatic heterocycles. The second-order valence-corrected chi connectivity index (χ2v) is 8.69. The van der Waals surface area contributed by atoms with Crippen molar-refractivity contribution in [3.63, 3.8) is 0 Å². The van der Waals surface area contributed by atoms with E-state index in [0.29, 0.717) is 34.0 Å². The van der Waals surface area contributed by atoms with Gasteiger partial charge in [0.05, 0.1) is 22.3 Å². The van der Waals surface area contributed by atoms with Gasteiger partial charge in [0.25, 0.3) is 11.8 Å². The summed E-state index contributed by atoms with van der Waals surface area (Å²) in [6.45, 7) is 7.26. The summed E-state index contributed by atoms with van der Waals surface area (Å²) in [5, 5.41) is 24.3. The lowest BCUT2D eigenvalue weighted by molar-refractivity contribution is 0.0683. The Morgan fingerprint density at radius 1 is 0.585 bits per heavy atom. The molecule has 0 saturated heterocycles. The summed E-state index contributed by atoms with van der Waals surface area (Å²) < 4.78 is 5.87. The molecule has 4 rings (SSSR count). The number of carboxylic acid groups (broad SMARTS) is 2.